The largest absolute Gasteiger partial charge is 0.480 e. The third-order valence-corrected chi connectivity index (χ3v) is 4.22. The van der Waals surface area contributed by atoms with Gasteiger partial charge in [0.05, 0.1) is 0 Å². The third-order valence-electron chi connectivity index (χ3n) is 4.22. The predicted molar refractivity (Wildman–Crippen MR) is 77.1 cm³/mol. The van der Waals surface area contributed by atoms with Crippen LogP contribution >= 0.6 is 0 Å². The van der Waals surface area contributed by atoms with Crippen molar-refractivity contribution in [3.05, 3.63) is 34.9 Å². The number of benzene rings is 1. The van der Waals surface area contributed by atoms with Crippen LogP contribution in [0.1, 0.15) is 40.4 Å². The van der Waals surface area contributed by atoms with Crippen LogP contribution in [0.2, 0.25) is 0 Å². The maximum atomic E-state index is 12.5. The van der Waals surface area contributed by atoms with Gasteiger partial charge in [0.1, 0.15) is 12.1 Å². The molecule has 1 fully saturated rings. The molecule has 0 aliphatic carbocycles. The molecule has 3 amide bonds. The molecule has 3 rings (SSSR count). The van der Waals surface area contributed by atoms with E-state index < -0.39 is 24.0 Å². The Hall–Kier alpha value is -2.74. The average molecular weight is 317 g/mol. The van der Waals surface area contributed by atoms with Crippen molar-refractivity contribution in [3.63, 3.8) is 0 Å². The number of hydrogen-bond donors (Lipinski definition) is 3. The lowest BCUT2D eigenvalue weighted by atomic mass is 9.98. The summed E-state index contributed by atoms with van der Waals surface area (Å²) in [5.41, 5.74) is 6.91. The molecule has 0 spiro atoms. The van der Waals surface area contributed by atoms with E-state index in [1.807, 2.05) is 0 Å². The molecule has 1 saturated heterocycles. The van der Waals surface area contributed by atoms with Gasteiger partial charge in [-0.25, -0.2) is 0 Å². The molecule has 1 aromatic carbocycles. The summed E-state index contributed by atoms with van der Waals surface area (Å²) in [6.07, 6.45) is 0.419. The Labute approximate surface area is 131 Å². The van der Waals surface area contributed by atoms with Crippen LogP contribution in [-0.2, 0) is 20.9 Å². The van der Waals surface area contributed by atoms with E-state index >= 15 is 0 Å². The Bertz CT molecular complexity index is 730. The van der Waals surface area contributed by atoms with Crippen LogP contribution in [0.4, 0.5) is 0 Å². The van der Waals surface area contributed by atoms with Crippen molar-refractivity contribution >= 4 is 23.7 Å². The molecule has 8 heteroatoms. The van der Waals surface area contributed by atoms with Crippen LogP contribution in [0.3, 0.4) is 0 Å². The molecule has 120 valence electrons. The summed E-state index contributed by atoms with van der Waals surface area (Å²) in [7, 11) is 0. The first kappa shape index (κ1) is 15.2. The summed E-state index contributed by atoms with van der Waals surface area (Å²) >= 11 is 0. The normalized spacial score (nSPS) is 21.9. The monoisotopic (exact) mass is 317 g/mol. The number of nitrogens with one attached hydrogen (secondary N) is 1. The summed E-state index contributed by atoms with van der Waals surface area (Å²) in [5.74, 6) is -2.41. The SMILES string of the molecule is NC(C(=O)O)c1cccc2c1CN(C1CCC(=O)NC1=O)C2=O. The van der Waals surface area contributed by atoms with E-state index in [4.69, 9.17) is 10.8 Å². The van der Waals surface area contributed by atoms with Crippen molar-refractivity contribution in [2.24, 2.45) is 5.73 Å². The molecule has 8 nitrogen and oxygen atoms in total. The fourth-order valence-corrected chi connectivity index (χ4v) is 3.03. The highest BCUT2D eigenvalue weighted by Gasteiger charge is 2.40. The zero-order chi connectivity index (χ0) is 16.7. The highest BCUT2D eigenvalue weighted by Crippen LogP contribution is 2.31. The van der Waals surface area contributed by atoms with Crippen molar-refractivity contribution in [1.82, 2.24) is 10.2 Å². The van der Waals surface area contributed by atoms with E-state index in [2.05, 4.69) is 5.32 Å². The van der Waals surface area contributed by atoms with Gasteiger partial charge in [-0.1, -0.05) is 12.1 Å². The van der Waals surface area contributed by atoms with E-state index in [9.17, 15) is 19.2 Å². The summed E-state index contributed by atoms with van der Waals surface area (Å²) < 4.78 is 0. The molecule has 0 aromatic heterocycles. The van der Waals surface area contributed by atoms with Crippen molar-refractivity contribution in [2.45, 2.75) is 31.5 Å². The molecule has 23 heavy (non-hydrogen) atoms. The number of imide groups is 1. The number of fused-ring (bicyclic) bond motifs is 1. The molecular weight excluding hydrogens is 302 g/mol. The molecule has 0 radical (unpaired) electrons. The van der Waals surface area contributed by atoms with Crippen LogP contribution < -0.4 is 11.1 Å². The van der Waals surface area contributed by atoms with Crippen LogP contribution in [-0.4, -0.2) is 39.7 Å². The first-order valence-corrected chi connectivity index (χ1v) is 7.15. The zero-order valence-corrected chi connectivity index (χ0v) is 12.1. The van der Waals surface area contributed by atoms with Gasteiger partial charge in [-0.3, -0.25) is 24.5 Å². The minimum atomic E-state index is -1.24. The fraction of sp³-hybridized carbons (Fsp3) is 0.333. The number of rotatable bonds is 3. The Morgan fingerprint density at radius 3 is 2.74 bits per heavy atom. The number of nitrogens with two attached hydrogens (primary N) is 1. The Balaban J connectivity index is 1.93. The zero-order valence-electron chi connectivity index (χ0n) is 12.1. The Morgan fingerprint density at radius 2 is 2.09 bits per heavy atom. The van der Waals surface area contributed by atoms with E-state index in [1.165, 1.54) is 4.90 Å². The molecule has 2 unspecified atom stereocenters. The second-order valence-corrected chi connectivity index (χ2v) is 5.59. The number of carboxylic acid groups (broad SMARTS) is 1. The molecule has 0 bridgehead atoms. The maximum absolute atomic E-state index is 12.5. The molecule has 4 N–H and O–H groups in total. The van der Waals surface area contributed by atoms with Gasteiger partial charge in [0.2, 0.25) is 11.8 Å². The van der Waals surface area contributed by atoms with Gasteiger partial charge in [0.25, 0.3) is 5.91 Å². The lowest BCUT2D eigenvalue weighted by Gasteiger charge is -2.29. The second kappa shape index (κ2) is 5.47. The molecule has 0 saturated carbocycles. The first-order chi connectivity index (χ1) is 10.9. The Kier molecular flexibility index (Phi) is 3.61. The van der Waals surface area contributed by atoms with Crippen LogP contribution in [0.15, 0.2) is 18.2 Å². The van der Waals surface area contributed by atoms with Gasteiger partial charge in [-0.2, -0.15) is 0 Å². The number of carbonyl (C=O) groups is 4. The number of nitrogens with zero attached hydrogens (tertiary/aromatic N) is 1. The lowest BCUT2D eigenvalue weighted by Crippen LogP contribution is -2.52. The summed E-state index contributed by atoms with van der Waals surface area (Å²) in [6.45, 7) is 0.109. The summed E-state index contributed by atoms with van der Waals surface area (Å²) in [6, 6.07) is 2.75. The van der Waals surface area contributed by atoms with Crippen molar-refractivity contribution < 1.29 is 24.3 Å². The van der Waals surface area contributed by atoms with Crippen molar-refractivity contribution in [1.29, 1.82) is 0 Å². The maximum Gasteiger partial charge on any atom is 0.325 e. The van der Waals surface area contributed by atoms with Gasteiger partial charge in [-0.05, 0) is 23.6 Å². The van der Waals surface area contributed by atoms with Crippen molar-refractivity contribution in [3.8, 4) is 0 Å². The van der Waals surface area contributed by atoms with Gasteiger partial charge in [0.15, 0.2) is 0 Å². The fourth-order valence-electron chi connectivity index (χ4n) is 3.03. The van der Waals surface area contributed by atoms with Crippen LogP contribution in [0.25, 0.3) is 0 Å². The Morgan fingerprint density at radius 1 is 1.35 bits per heavy atom. The number of hydrogen-bond acceptors (Lipinski definition) is 5. The number of aliphatic carboxylic acids is 1. The predicted octanol–water partition coefficient (Wildman–Crippen LogP) is -0.468. The number of amides is 3. The standard InChI is InChI=1S/C15H15N3O5/c16-12(15(22)23)7-2-1-3-8-9(7)6-18(14(8)21)10-4-5-11(19)17-13(10)20/h1-3,10,12H,4-6,16H2,(H,22,23)(H,17,19,20). The molecule has 2 aliphatic heterocycles. The molecule has 2 aliphatic rings. The molecule has 2 atom stereocenters. The van der Waals surface area contributed by atoms with E-state index in [0.29, 0.717) is 16.7 Å². The van der Waals surface area contributed by atoms with Gasteiger partial charge >= 0.3 is 5.97 Å². The summed E-state index contributed by atoms with van der Waals surface area (Å²) in [5, 5.41) is 11.3. The molecule has 2 heterocycles. The lowest BCUT2D eigenvalue weighted by molar-refractivity contribution is -0.139. The summed E-state index contributed by atoms with van der Waals surface area (Å²) in [4.78, 5) is 48.2. The van der Waals surface area contributed by atoms with Crippen LogP contribution in [0, 0.1) is 0 Å². The van der Waals surface area contributed by atoms with Gasteiger partial charge in [0, 0.05) is 18.5 Å². The third kappa shape index (κ3) is 2.46. The average Bonchev–Trinajstić information content (AvgIpc) is 2.84. The highest BCUT2D eigenvalue weighted by atomic mass is 16.4. The van der Waals surface area contributed by atoms with Crippen molar-refractivity contribution in [2.75, 3.05) is 0 Å². The second-order valence-electron chi connectivity index (χ2n) is 5.59. The first-order valence-electron chi connectivity index (χ1n) is 7.15. The smallest absolute Gasteiger partial charge is 0.325 e. The molecular formula is C15H15N3O5. The van der Waals surface area contributed by atoms with Crippen LogP contribution in [0.5, 0.6) is 0 Å². The number of piperidine rings is 1. The van der Waals surface area contributed by atoms with Gasteiger partial charge < -0.3 is 15.7 Å². The number of carboxylic acids is 1. The van der Waals surface area contributed by atoms with E-state index in [-0.39, 0.29) is 31.2 Å². The van der Waals surface area contributed by atoms with E-state index in [1.54, 1.807) is 18.2 Å². The topological polar surface area (TPSA) is 130 Å². The quantitative estimate of drug-likeness (QED) is 0.646. The molecule has 1 aromatic rings. The van der Waals surface area contributed by atoms with Gasteiger partial charge in [-0.15, -0.1) is 0 Å². The minimum absolute atomic E-state index is 0.109. The number of carbonyl (C=O) groups excluding carboxylic acids is 3. The minimum Gasteiger partial charge on any atom is -0.480 e. The highest BCUT2D eigenvalue weighted by molar-refractivity contribution is 6.05. The van der Waals surface area contributed by atoms with E-state index in [0.717, 1.165) is 0 Å².